The molecule has 2 aromatic rings. The van der Waals surface area contributed by atoms with E-state index in [2.05, 4.69) is 10.3 Å². The maximum atomic E-state index is 13.4. The van der Waals surface area contributed by atoms with Gasteiger partial charge in [-0.1, -0.05) is 17.4 Å². The number of halogens is 1. The van der Waals surface area contributed by atoms with E-state index in [0.29, 0.717) is 10.6 Å². The van der Waals surface area contributed by atoms with Gasteiger partial charge in [-0.15, -0.1) is 0 Å². The van der Waals surface area contributed by atoms with Crippen molar-refractivity contribution in [3.63, 3.8) is 0 Å². The number of nitrogen functional groups attached to an aromatic ring is 1. The highest BCUT2D eigenvalue weighted by Crippen LogP contribution is 2.23. The maximum absolute atomic E-state index is 13.4. The number of nitrogens with zero attached hydrogens (tertiary/aromatic N) is 2. The summed E-state index contributed by atoms with van der Waals surface area (Å²) in [5.41, 5.74) is 5.92. The highest BCUT2D eigenvalue weighted by molar-refractivity contribution is 7.17. The van der Waals surface area contributed by atoms with Gasteiger partial charge >= 0.3 is 0 Å². The third kappa shape index (κ3) is 2.53. The summed E-state index contributed by atoms with van der Waals surface area (Å²) in [6.07, 6.45) is 0. The van der Waals surface area contributed by atoms with Gasteiger partial charge in [0, 0.05) is 0 Å². The Morgan fingerprint density at radius 2 is 2.32 bits per heavy atom. The molecule has 3 N–H and O–H groups in total. The van der Waals surface area contributed by atoms with Crippen LogP contribution in [0.5, 0.6) is 0 Å². The Labute approximate surface area is 112 Å². The fourth-order valence-electron chi connectivity index (χ4n) is 1.55. The number of aromatic nitrogens is 1. The minimum atomic E-state index is -0.680. The smallest absolute Gasteiger partial charge is 0.267 e. The number of benzene rings is 1. The molecule has 0 spiro atoms. The van der Waals surface area contributed by atoms with Crippen LogP contribution >= 0.6 is 11.3 Å². The second-order valence-corrected chi connectivity index (χ2v) is 4.73. The molecular formula is C12H9FN4OS. The van der Waals surface area contributed by atoms with Crippen LogP contribution in [0, 0.1) is 24.1 Å². The first-order chi connectivity index (χ1) is 9.02. The van der Waals surface area contributed by atoms with Gasteiger partial charge in [0.1, 0.15) is 22.3 Å². The summed E-state index contributed by atoms with van der Waals surface area (Å²) in [5.74, 6) is -1.14. The molecule has 0 unspecified atom stereocenters. The highest BCUT2D eigenvalue weighted by atomic mass is 32.1. The lowest BCUT2D eigenvalue weighted by Crippen LogP contribution is -2.13. The molecule has 0 aliphatic carbocycles. The molecular weight excluding hydrogens is 267 g/mol. The Balaban J connectivity index is 2.32. The van der Waals surface area contributed by atoms with E-state index >= 15 is 0 Å². The van der Waals surface area contributed by atoms with Gasteiger partial charge in [-0.3, -0.25) is 4.79 Å². The molecule has 0 saturated heterocycles. The zero-order valence-electron chi connectivity index (χ0n) is 9.90. The Morgan fingerprint density at radius 3 is 2.89 bits per heavy atom. The monoisotopic (exact) mass is 276 g/mol. The summed E-state index contributed by atoms with van der Waals surface area (Å²) in [5, 5.41) is 11.6. The minimum absolute atomic E-state index is 0.124. The van der Waals surface area contributed by atoms with Crippen LogP contribution in [0.25, 0.3) is 0 Å². The summed E-state index contributed by atoms with van der Waals surface area (Å²) >= 11 is 1.04. The number of thiazole rings is 1. The van der Waals surface area contributed by atoms with Gasteiger partial charge in [-0.2, -0.15) is 5.26 Å². The van der Waals surface area contributed by atoms with E-state index in [1.807, 2.05) is 0 Å². The van der Waals surface area contributed by atoms with Crippen molar-refractivity contribution in [1.82, 2.24) is 4.98 Å². The molecule has 0 radical (unpaired) electrons. The van der Waals surface area contributed by atoms with Crippen LogP contribution in [0.1, 0.15) is 20.9 Å². The van der Waals surface area contributed by atoms with Crippen LogP contribution in [0.4, 0.5) is 15.2 Å². The molecule has 1 amide bonds. The van der Waals surface area contributed by atoms with Gasteiger partial charge in [-0.05, 0) is 19.1 Å². The first-order valence-corrected chi connectivity index (χ1v) is 6.07. The Bertz CT molecular complexity index is 690. The lowest BCUT2D eigenvalue weighted by atomic mass is 10.2. The van der Waals surface area contributed by atoms with Crippen molar-refractivity contribution in [3.8, 4) is 6.07 Å². The molecule has 1 heterocycles. The lowest BCUT2D eigenvalue weighted by Gasteiger charge is -2.06. The van der Waals surface area contributed by atoms with E-state index in [4.69, 9.17) is 11.0 Å². The van der Waals surface area contributed by atoms with Crippen LogP contribution in [-0.2, 0) is 0 Å². The Morgan fingerprint density at radius 1 is 1.58 bits per heavy atom. The first kappa shape index (κ1) is 13.0. The van der Waals surface area contributed by atoms with E-state index < -0.39 is 11.7 Å². The van der Waals surface area contributed by atoms with Crippen LogP contribution in [0.15, 0.2) is 18.2 Å². The molecule has 0 fully saturated rings. The predicted octanol–water partition coefficient (Wildman–Crippen LogP) is 2.30. The molecule has 1 aromatic heterocycles. The van der Waals surface area contributed by atoms with Crippen LogP contribution < -0.4 is 11.1 Å². The zero-order valence-corrected chi connectivity index (χ0v) is 10.7. The van der Waals surface area contributed by atoms with Gasteiger partial charge < -0.3 is 11.1 Å². The van der Waals surface area contributed by atoms with Gasteiger partial charge in [0.2, 0.25) is 0 Å². The van der Waals surface area contributed by atoms with E-state index in [1.54, 1.807) is 13.0 Å². The van der Waals surface area contributed by atoms with Gasteiger partial charge in [0.05, 0.1) is 11.4 Å². The van der Waals surface area contributed by atoms with E-state index in [9.17, 15) is 9.18 Å². The standard InChI is InChI=1S/C12H9FN4OS/c1-6-10(19-12(15)16-6)11(18)17-9-4-2-3-8(13)7(9)5-14/h2-4H,1H3,(H2,15,16)(H,17,18). The fourth-order valence-corrected chi connectivity index (χ4v) is 2.28. The average molecular weight is 276 g/mol. The molecule has 7 heteroatoms. The molecule has 0 aliphatic rings. The molecule has 0 aliphatic heterocycles. The van der Waals surface area contributed by atoms with Crippen molar-refractivity contribution in [2.45, 2.75) is 6.92 Å². The average Bonchev–Trinajstić information content (AvgIpc) is 2.69. The normalized spacial score (nSPS) is 9.95. The largest absolute Gasteiger partial charge is 0.375 e. The summed E-state index contributed by atoms with van der Waals surface area (Å²) in [6, 6.07) is 5.74. The van der Waals surface area contributed by atoms with Crippen molar-refractivity contribution in [1.29, 1.82) is 5.26 Å². The Hall–Kier alpha value is -2.46. The van der Waals surface area contributed by atoms with Crippen molar-refractivity contribution >= 4 is 28.1 Å². The number of carbonyl (C=O) groups is 1. The topological polar surface area (TPSA) is 91.8 Å². The molecule has 0 saturated carbocycles. The molecule has 96 valence electrons. The Kier molecular flexibility index (Phi) is 3.44. The van der Waals surface area contributed by atoms with Crippen LogP contribution in [-0.4, -0.2) is 10.9 Å². The third-order valence-corrected chi connectivity index (χ3v) is 3.38. The van der Waals surface area contributed by atoms with Crippen molar-refractivity contribution < 1.29 is 9.18 Å². The van der Waals surface area contributed by atoms with Crippen LogP contribution in [0.3, 0.4) is 0 Å². The molecule has 0 bridgehead atoms. The van der Waals surface area contributed by atoms with Gasteiger partial charge in [-0.25, -0.2) is 9.37 Å². The lowest BCUT2D eigenvalue weighted by molar-refractivity contribution is 0.103. The summed E-state index contributed by atoms with van der Waals surface area (Å²) < 4.78 is 13.4. The van der Waals surface area contributed by atoms with Crippen molar-refractivity contribution in [3.05, 3.63) is 40.2 Å². The summed E-state index contributed by atoms with van der Waals surface area (Å²) in [7, 11) is 0. The number of anilines is 2. The first-order valence-electron chi connectivity index (χ1n) is 5.25. The third-order valence-electron chi connectivity index (χ3n) is 2.39. The minimum Gasteiger partial charge on any atom is -0.375 e. The van der Waals surface area contributed by atoms with Crippen LogP contribution in [0.2, 0.25) is 0 Å². The number of hydrogen-bond acceptors (Lipinski definition) is 5. The predicted molar refractivity (Wildman–Crippen MR) is 70.3 cm³/mol. The zero-order chi connectivity index (χ0) is 14.0. The fraction of sp³-hybridized carbons (Fsp3) is 0.0833. The summed E-state index contributed by atoms with van der Waals surface area (Å²) in [6.45, 7) is 1.65. The summed E-state index contributed by atoms with van der Waals surface area (Å²) in [4.78, 5) is 16.3. The highest BCUT2D eigenvalue weighted by Gasteiger charge is 2.16. The molecule has 0 atom stereocenters. The van der Waals surface area contributed by atoms with Gasteiger partial charge in [0.25, 0.3) is 5.91 Å². The molecule has 2 rings (SSSR count). The number of hydrogen-bond donors (Lipinski definition) is 2. The van der Waals surface area contributed by atoms with Crippen molar-refractivity contribution in [2.75, 3.05) is 11.1 Å². The second-order valence-electron chi connectivity index (χ2n) is 3.69. The number of rotatable bonds is 2. The van der Waals surface area contributed by atoms with E-state index in [1.165, 1.54) is 12.1 Å². The van der Waals surface area contributed by atoms with E-state index in [-0.39, 0.29) is 16.4 Å². The molecule has 1 aromatic carbocycles. The van der Waals surface area contributed by atoms with E-state index in [0.717, 1.165) is 17.4 Å². The second kappa shape index (κ2) is 5.04. The number of amides is 1. The number of carbonyl (C=O) groups excluding carboxylic acids is 1. The maximum Gasteiger partial charge on any atom is 0.267 e. The number of nitrogens with two attached hydrogens (primary N) is 1. The SMILES string of the molecule is Cc1nc(N)sc1C(=O)Nc1cccc(F)c1C#N. The number of nitrogens with one attached hydrogen (secondary N) is 1. The number of aryl methyl sites for hydroxylation is 1. The molecule has 19 heavy (non-hydrogen) atoms. The molecule has 5 nitrogen and oxygen atoms in total. The van der Waals surface area contributed by atoms with Gasteiger partial charge in [0.15, 0.2) is 5.13 Å². The van der Waals surface area contributed by atoms with Crippen molar-refractivity contribution in [2.24, 2.45) is 0 Å². The quantitative estimate of drug-likeness (QED) is 0.880. The number of nitriles is 1.